The molecule has 1 atom stereocenters. The summed E-state index contributed by atoms with van der Waals surface area (Å²) in [7, 11) is 0. The minimum absolute atomic E-state index is 0. The molecule has 82 heavy (non-hydrogen) atoms. The standard InChI is InChI=1S/C36H48N4O7.C27H39N3O4.ClH/c1-24(2)40(27-14-10-18-38(22-27)34(44)47-35(4,5)6)31(41)28-21-29-30(20-25(28)3)46-36(15-11-16-36)32(42)39(29)19-17-37-33(43)45-23-26-12-8-7-9-13-26;1-5-24(31)28-14-15-29-22-17-21(25(32)30(18(2)3)20-10-7-6-8-11-20)19(4)16-23(22)34-27(26(29)33)12-9-13-27;/h7-9,12-13,20-21,24,27H,10-11,14-19,22-23H2,1-6H3,(H,37,43);16-18,20H,5-15H2,1-4H3,(H,28,31);1H/t27-;;/m1../s1. The molecule has 0 unspecified atom stereocenters. The van der Waals surface area contributed by atoms with Crippen LogP contribution in [0.2, 0.25) is 0 Å². The predicted octanol–water partition coefficient (Wildman–Crippen LogP) is 10.6. The first-order valence-corrected chi connectivity index (χ1v) is 29.7. The predicted molar refractivity (Wildman–Crippen MR) is 317 cm³/mol. The van der Waals surface area contributed by atoms with E-state index in [2.05, 4.69) is 24.5 Å². The lowest BCUT2D eigenvalue weighted by atomic mass is 9.77. The lowest BCUT2D eigenvalue weighted by Crippen LogP contribution is -2.61. The van der Waals surface area contributed by atoms with Gasteiger partial charge in [0.1, 0.15) is 23.7 Å². The van der Waals surface area contributed by atoms with Crippen LogP contribution in [0.4, 0.5) is 21.0 Å². The number of aryl methyl sites for hydroxylation is 2. The average Bonchev–Trinajstić information content (AvgIpc) is 1.26. The molecule has 6 aliphatic rings. The minimum Gasteiger partial charge on any atom is -0.475 e. The number of piperidine rings is 1. The fourth-order valence-corrected chi connectivity index (χ4v) is 12.1. The molecule has 18 nitrogen and oxygen atoms in total. The number of halogens is 1. The largest absolute Gasteiger partial charge is 0.475 e. The Bertz CT molecular complexity index is 2800. The molecule has 3 aromatic rings. The normalized spacial score (nSPS) is 18.7. The molecule has 3 aromatic carbocycles. The summed E-state index contributed by atoms with van der Waals surface area (Å²) in [5.41, 5.74) is 2.38. The summed E-state index contributed by atoms with van der Waals surface area (Å²) in [5, 5.41) is 5.62. The third-order valence-electron chi connectivity index (χ3n) is 16.6. The van der Waals surface area contributed by atoms with Gasteiger partial charge in [-0.25, -0.2) is 9.59 Å². The Morgan fingerprint density at radius 2 is 1.17 bits per heavy atom. The van der Waals surface area contributed by atoms with Gasteiger partial charge in [-0.15, -0.1) is 12.4 Å². The molecule has 448 valence electrons. The Morgan fingerprint density at radius 3 is 1.63 bits per heavy atom. The number of alkyl carbamates (subject to hydrolysis) is 1. The molecule has 1 saturated heterocycles. The van der Waals surface area contributed by atoms with E-state index in [1.165, 1.54) is 6.42 Å². The van der Waals surface area contributed by atoms with E-state index in [1.807, 2.05) is 107 Å². The zero-order chi connectivity index (χ0) is 58.4. The molecular formula is C63H88ClN7O11. The van der Waals surface area contributed by atoms with Crippen LogP contribution in [-0.2, 0) is 30.5 Å². The number of benzene rings is 3. The Hall–Kier alpha value is -6.56. The number of carbonyl (C=O) groups excluding carboxylic acids is 7. The first-order chi connectivity index (χ1) is 38.5. The molecule has 2 spiro atoms. The summed E-state index contributed by atoms with van der Waals surface area (Å²) in [4.78, 5) is 102. The Morgan fingerprint density at radius 1 is 0.683 bits per heavy atom. The molecule has 0 aromatic heterocycles. The number of carbonyl (C=O) groups is 7. The number of likely N-dealkylation sites (tertiary alicyclic amines) is 1. The third kappa shape index (κ3) is 14.1. The summed E-state index contributed by atoms with van der Waals surface area (Å²) in [6.45, 7) is 21.4. The van der Waals surface area contributed by atoms with E-state index >= 15 is 0 Å². The monoisotopic (exact) mass is 1150 g/mol. The second-order valence-electron chi connectivity index (χ2n) is 24.4. The van der Waals surface area contributed by atoms with Crippen LogP contribution in [0.15, 0.2) is 54.6 Å². The van der Waals surface area contributed by atoms with Crippen LogP contribution < -0.4 is 29.9 Å². The van der Waals surface area contributed by atoms with Crippen LogP contribution in [0.3, 0.4) is 0 Å². The van der Waals surface area contributed by atoms with Crippen molar-refractivity contribution in [1.82, 2.24) is 25.3 Å². The summed E-state index contributed by atoms with van der Waals surface area (Å²) in [6.07, 6.45) is 11.1. The van der Waals surface area contributed by atoms with Crippen molar-refractivity contribution in [3.05, 3.63) is 82.4 Å². The van der Waals surface area contributed by atoms with Gasteiger partial charge in [-0.2, -0.15) is 0 Å². The molecule has 3 saturated carbocycles. The Kier molecular flexibility index (Phi) is 20.6. The smallest absolute Gasteiger partial charge is 0.410 e. The highest BCUT2D eigenvalue weighted by Gasteiger charge is 2.54. The molecule has 3 heterocycles. The molecule has 0 bridgehead atoms. The summed E-state index contributed by atoms with van der Waals surface area (Å²) in [5.74, 6) is 0.789. The molecule has 3 aliphatic carbocycles. The third-order valence-corrected chi connectivity index (χ3v) is 16.6. The highest BCUT2D eigenvalue weighted by Crippen LogP contribution is 2.49. The van der Waals surface area contributed by atoms with Gasteiger partial charge >= 0.3 is 12.2 Å². The maximum absolute atomic E-state index is 14.3. The molecule has 2 N–H and O–H groups in total. The molecule has 4 fully saturated rings. The van der Waals surface area contributed by atoms with Crippen molar-refractivity contribution < 1.29 is 52.5 Å². The number of nitrogens with zero attached hydrogens (tertiary/aromatic N) is 5. The van der Waals surface area contributed by atoms with Gasteiger partial charge in [0.25, 0.3) is 23.6 Å². The second-order valence-corrected chi connectivity index (χ2v) is 24.4. The van der Waals surface area contributed by atoms with E-state index in [-0.39, 0.29) is 91.9 Å². The lowest BCUT2D eigenvalue weighted by Gasteiger charge is -2.47. The number of hydrogen-bond acceptors (Lipinski definition) is 11. The van der Waals surface area contributed by atoms with Crippen LogP contribution in [0, 0.1) is 13.8 Å². The second kappa shape index (κ2) is 26.8. The van der Waals surface area contributed by atoms with Crippen LogP contribution >= 0.6 is 12.4 Å². The summed E-state index contributed by atoms with van der Waals surface area (Å²) in [6, 6.07) is 16.8. The van der Waals surface area contributed by atoms with Gasteiger partial charge in [0.05, 0.1) is 17.4 Å². The van der Waals surface area contributed by atoms with Crippen molar-refractivity contribution in [2.75, 3.05) is 49.1 Å². The molecule has 19 heteroatoms. The van der Waals surface area contributed by atoms with Crippen molar-refractivity contribution in [2.45, 2.75) is 207 Å². The highest BCUT2D eigenvalue weighted by molar-refractivity contribution is 6.07. The zero-order valence-corrected chi connectivity index (χ0v) is 50.8. The minimum atomic E-state index is -0.921. The van der Waals surface area contributed by atoms with Crippen LogP contribution in [0.25, 0.3) is 0 Å². The van der Waals surface area contributed by atoms with Gasteiger partial charge in [0, 0.05) is 74.9 Å². The van der Waals surface area contributed by atoms with Gasteiger partial charge < -0.3 is 54.1 Å². The quantitative estimate of drug-likeness (QED) is 0.147. The number of ether oxygens (including phenoxy) is 4. The van der Waals surface area contributed by atoms with E-state index in [1.54, 1.807) is 27.7 Å². The molecule has 7 amide bonds. The van der Waals surface area contributed by atoms with E-state index in [0.717, 1.165) is 68.1 Å². The zero-order valence-electron chi connectivity index (χ0n) is 50.0. The van der Waals surface area contributed by atoms with Gasteiger partial charge in [-0.3, -0.25) is 24.0 Å². The number of amides is 7. The van der Waals surface area contributed by atoms with Gasteiger partial charge in [0.15, 0.2) is 11.2 Å². The average molecular weight is 1150 g/mol. The number of anilines is 2. The van der Waals surface area contributed by atoms with E-state index < -0.39 is 22.9 Å². The number of fused-ring (bicyclic) bond motifs is 2. The highest BCUT2D eigenvalue weighted by atomic mass is 35.5. The van der Waals surface area contributed by atoms with Crippen LogP contribution in [-0.4, -0.2) is 137 Å². The van der Waals surface area contributed by atoms with Crippen LogP contribution in [0.1, 0.15) is 183 Å². The van der Waals surface area contributed by atoms with Crippen molar-refractivity contribution in [3.63, 3.8) is 0 Å². The summed E-state index contributed by atoms with van der Waals surface area (Å²) >= 11 is 0. The molecule has 3 aliphatic heterocycles. The van der Waals surface area contributed by atoms with Gasteiger partial charge in [-0.05, 0) is 167 Å². The SMILES string of the molecule is CCC(=O)NCCN1C(=O)C2(CCC2)Oc2cc(C)c(C(=O)N(C(C)C)C3CCCCC3)cc21.Cc1cc2c(cc1C(=O)N(C(C)C)[C@@H]1CCCN(C(=O)OC(C)(C)C)C1)N(CCNC(=O)OCc1ccccc1)C(=O)C1(CCC1)O2.Cl. The number of rotatable bonds is 15. The van der Waals surface area contributed by atoms with Crippen molar-refractivity contribution in [1.29, 1.82) is 0 Å². The fraction of sp³-hybridized carbons (Fsp3) is 0.603. The number of nitrogens with one attached hydrogen (secondary N) is 2. The topological polar surface area (TPSA) is 197 Å². The maximum Gasteiger partial charge on any atom is 0.410 e. The van der Waals surface area contributed by atoms with Gasteiger partial charge in [0.2, 0.25) is 5.91 Å². The molecular weight excluding hydrogens is 1070 g/mol. The molecule has 9 rings (SSSR count). The maximum atomic E-state index is 14.3. The van der Waals surface area contributed by atoms with E-state index in [0.29, 0.717) is 92.3 Å². The first kappa shape index (κ1) is 63.0. The van der Waals surface area contributed by atoms with Crippen LogP contribution in [0.5, 0.6) is 11.5 Å². The lowest BCUT2D eigenvalue weighted by molar-refractivity contribution is -0.143. The summed E-state index contributed by atoms with van der Waals surface area (Å²) < 4.78 is 23.6. The Balaban J connectivity index is 0.000000245. The van der Waals surface area contributed by atoms with Crippen molar-refractivity contribution >= 4 is 65.5 Å². The van der Waals surface area contributed by atoms with Crippen molar-refractivity contribution in [3.8, 4) is 11.5 Å². The van der Waals surface area contributed by atoms with E-state index in [9.17, 15) is 33.6 Å². The first-order valence-electron chi connectivity index (χ1n) is 29.7. The fourth-order valence-electron chi connectivity index (χ4n) is 12.1. The molecule has 0 radical (unpaired) electrons. The number of hydrogen-bond donors (Lipinski definition) is 2. The Labute approximate surface area is 491 Å². The van der Waals surface area contributed by atoms with Gasteiger partial charge in [-0.1, -0.05) is 56.5 Å². The van der Waals surface area contributed by atoms with Crippen molar-refractivity contribution in [2.24, 2.45) is 0 Å². The van der Waals surface area contributed by atoms with E-state index in [4.69, 9.17) is 18.9 Å².